The van der Waals surface area contributed by atoms with Gasteiger partial charge in [0.2, 0.25) is 11.1 Å². The van der Waals surface area contributed by atoms with Crippen molar-refractivity contribution >= 4 is 34.1 Å². The Morgan fingerprint density at radius 3 is 0.461 bits per heavy atom. The first kappa shape index (κ1) is 98.5. The van der Waals surface area contributed by atoms with Gasteiger partial charge in [0.05, 0.1) is 0 Å². The molecule has 0 aliphatic rings. The third kappa shape index (κ3) is 80.8. The molecule has 76 heavy (non-hydrogen) atoms. The summed E-state index contributed by atoms with van der Waals surface area (Å²) in [4.78, 5) is 6.54. The van der Waals surface area contributed by atoms with E-state index in [1.54, 1.807) is 0 Å². The van der Waals surface area contributed by atoms with Gasteiger partial charge in [-0.15, -0.1) is 0 Å². The smallest absolute Gasteiger partial charge is 0.412 e. The first-order chi connectivity index (χ1) is 31.7. The molecule has 2 radical (unpaired) electrons. The zero-order valence-electron chi connectivity index (χ0n) is 38.7. The summed E-state index contributed by atoms with van der Waals surface area (Å²) in [6, 6.07) is 0. The Balaban J connectivity index is -0.000000107. The molecule has 0 atom stereocenters. The van der Waals surface area contributed by atoms with Crippen LogP contribution in [0.1, 0.15) is 41.5 Å². The van der Waals surface area contributed by atoms with E-state index in [1.807, 2.05) is 41.5 Å². The normalized spacial score (nSPS) is 12.5. The molecule has 0 amide bonds. The van der Waals surface area contributed by atoms with Crippen LogP contribution in [-0.2, 0) is 76.4 Å². The fourth-order valence-electron chi connectivity index (χ4n) is 1.96. The predicted molar refractivity (Wildman–Crippen MR) is 197 cm³/mol. The molecule has 0 aromatic carbocycles. The van der Waals surface area contributed by atoms with Gasteiger partial charge in [-0.2, -0.15) is 114 Å². The van der Waals surface area contributed by atoms with E-state index < -0.39 is 136 Å². The minimum atomic E-state index is -5.08. The summed E-state index contributed by atoms with van der Waals surface area (Å²) in [7, 11) is -12.7. The molecule has 0 bridgehead atoms. The first-order valence-corrected chi connectivity index (χ1v) is 21.6. The van der Waals surface area contributed by atoms with Crippen LogP contribution < -0.4 is 35.3 Å². The van der Waals surface area contributed by atoms with E-state index in [4.69, 9.17) is 34.2 Å². The quantitative estimate of drug-likeness (QED) is 0.0449. The molecule has 48 heteroatoms. The number of halogens is 26. The fraction of sp³-hybridized carbons (Fsp3) is 0.929. The Labute approximate surface area is 460 Å². The second kappa shape index (κ2) is 44.9. The van der Waals surface area contributed by atoms with Crippen molar-refractivity contribution in [2.24, 2.45) is 0 Å². The van der Waals surface area contributed by atoms with Crippen molar-refractivity contribution in [3.05, 3.63) is 22.8 Å². The van der Waals surface area contributed by atoms with Crippen LogP contribution in [0.25, 0.3) is 9.69 Å². The molecule has 0 aliphatic carbocycles. The average molecular weight is 1660 g/mol. The van der Waals surface area contributed by atoms with E-state index >= 15 is 0 Å². The fourth-order valence-corrected chi connectivity index (χ4v) is 7.85. The van der Waals surface area contributed by atoms with Crippen LogP contribution in [0.5, 0.6) is 0 Å². The van der Waals surface area contributed by atoms with Crippen molar-refractivity contribution in [2.75, 3.05) is 67.0 Å². The maximum atomic E-state index is 12.2. The van der Waals surface area contributed by atoms with Crippen LogP contribution in [0.2, 0.25) is 0 Å². The van der Waals surface area contributed by atoms with Gasteiger partial charge in [0, 0.05) is 95.8 Å². The van der Waals surface area contributed by atoms with Crippen molar-refractivity contribution in [2.45, 2.75) is 102 Å². The van der Waals surface area contributed by atoms with Gasteiger partial charge in [-0.1, -0.05) is 0 Å². The van der Waals surface area contributed by atoms with Crippen molar-refractivity contribution < 1.29 is 228 Å². The van der Waals surface area contributed by atoms with Gasteiger partial charge in [0.15, 0.2) is 52.9 Å². The largest absolute Gasteiger partial charge is 1.00 e. The van der Waals surface area contributed by atoms with E-state index in [1.165, 1.54) is 0 Å². The number of hydrogen-bond donors (Lipinski definition) is 2. The van der Waals surface area contributed by atoms with Crippen LogP contribution in [0, 0.1) is 13.1 Å². The Morgan fingerprint density at radius 2 is 0.408 bits per heavy atom. The second-order valence-corrected chi connectivity index (χ2v) is 20.6. The second-order valence-electron chi connectivity index (χ2n) is 13.6. The third-order valence-corrected chi connectivity index (χ3v) is 10.8. The van der Waals surface area contributed by atoms with Crippen molar-refractivity contribution in [1.29, 1.82) is 0 Å². The van der Waals surface area contributed by atoms with Crippen LogP contribution in [0.4, 0.5) is 105 Å². The number of rotatable bonds is 20. The molecule has 0 heterocycles. The molecule has 0 aromatic heterocycles. The Kier molecular flexibility index (Phi) is 58.1. The summed E-state index contributed by atoms with van der Waals surface area (Å²) in [6.07, 6.45) is -40.6. The van der Waals surface area contributed by atoms with E-state index in [0.29, 0.717) is 14.1 Å². The molecular formula is C28H42Cl2F24Ir2N4O12P4-4. The van der Waals surface area contributed by atoms with Crippen molar-refractivity contribution in [3.63, 3.8) is 0 Å². The average Bonchev–Trinajstić information content (AvgIpc) is 3.16. The summed E-state index contributed by atoms with van der Waals surface area (Å²) >= 11 is 0. The van der Waals surface area contributed by atoms with Crippen LogP contribution in [-0.4, -0.2) is 147 Å². The maximum absolute atomic E-state index is 12.2. The monoisotopic (exact) mass is 1660 g/mol. The van der Waals surface area contributed by atoms with E-state index in [0.717, 1.165) is 0 Å². The molecule has 16 nitrogen and oxygen atoms in total. The van der Waals surface area contributed by atoms with Crippen LogP contribution >= 0.6 is 34.1 Å². The van der Waals surface area contributed by atoms with Gasteiger partial charge < -0.3 is 91.7 Å². The standard InChI is InChI=1S/2C9H11F12NO4P2.2C5H9N.2ClH.2Ir.2H2O2/c2*1-22(27(23-2-6(10,11)12)24-3-7(13,14)15)28(25-4-8(16,17)18)26-5-9(19,20)21;2*1-5(2,3)6-4;;;;;2*1-2/h2*2-5H2,1H3;2*1-3H3;2*1H;;;2*1-2H/p-4. The summed E-state index contributed by atoms with van der Waals surface area (Å²) in [5, 5.41) is 26.0. The van der Waals surface area contributed by atoms with E-state index in [-0.39, 0.29) is 85.0 Å². The zero-order chi connectivity index (χ0) is 59.2. The molecule has 0 spiro atoms. The molecule has 0 rings (SSSR count). The van der Waals surface area contributed by atoms with Crippen LogP contribution in [0.3, 0.4) is 0 Å². The maximum Gasteiger partial charge on any atom is 0.412 e. The number of alkyl halides is 24. The molecule has 0 unspecified atom stereocenters. The minimum Gasteiger partial charge on any atom is -1.00 e. The van der Waals surface area contributed by atoms with E-state index in [9.17, 15) is 105 Å². The molecular weight excluding hydrogens is 1620 g/mol. The predicted octanol–water partition coefficient (Wildman–Crippen LogP) is 6.43. The van der Waals surface area contributed by atoms with Crippen molar-refractivity contribution in [3.8, 4) is 0 Å². The first-order valence-electron chi connectivity index (χ1n) is 17.1. The minimum absolute atomic E-state index is 0. The van der Waals surface area contributed by atoms with E-state index in [2.05, 4.69) is 45.9 Å². The Morgan fingerprint density at radius 1 is 0.329 bits per heavy atom. The molecule has 0 saturated carbocycles. The molecule has 0 aliphatic heterocycles. The zero-order valence-corrected chi connectivity index (χ0v) is 48.6. The molecule has 0 aromatic rings. The molecule has 0 fully saturated rings. The third-order valence-electron chi connectivity index (χ3n) is 4.33. The van der Waals surface area contributed by atoms with Gasteiger partial charge in [-0.3, -0.25) is 0 Å². The number of hydrogen-bond acceptors (Lipinski definition) is 14. The summed E-state index contributed by atoms with van der Waals surface area (Å²) in [5.74, 6) is 0. The SMILES string of the molecule is CN(P(OCC(F)(F)F)OCC(F)(F)F)P(OCC(F)(F)F)OCC(F)(F)F.CN(P(OCC(F)(F)F)OCC(F)(F)F)P(OCC(F)(F)F)OCC(F)(F)F.[C-]#[N+]C(C)(C)C.[C-]#[N+]C(C)(C)C.[Cl-].[Cl-].[Ir].[Ir].[O-]O.[O-]O. The Bertz CT molecular complexity index is 1220. The number of nitrogens with zero attached hydrogens (tertiary/aromatic N) is 4. The van der Waals surface area contributed by atoms with Gasteiger partial charge in [-0.05, 0) is 0 Å². The van der Waals surface area contributed by atoms with Gasteiger partial charge in [-0.25, -0.2) is 13.1 Å². The molecule has 0 saturated heterocycles. The molecule has 470 valence electrons. The topological polar surface area (TPSA) is 176 Å². The van der Waals surface area contributed by atoms with Crippen LogP contribution in [0.15, 0.2) is 0 Å². The van der Waals surface area contributed by atoms with Gasteiger partial charge >= 0.3 is 49.4 Å². The summed E-state index contributed by atoms with van der Waals surface area (Å²) < 4.78 is 325. The summed E-state index contributed by atoms with van der Waals surface area (Å²) in [6.45, 7) is 6.76. The van der Waals surface area contributed by atoms with Gasteiger partial charge in [0.1, 0.15) is 0 Å². The Hall–Kier alpha value is 0.339. The summed E-state index contributed by atoms with van der Waals surface area (Å²) in [5.41, 5.74) is -0.333. The molecule has 2 N–H and O–H groups in total. The van der Waals surface area contributed by atoms with Crippen molar-refractivity contribution in [1.82, 2.24) is 8.88 Å². The van der Waals surface area contributed by atoms with Gasteiger partial charge in [0.25, 0.3) is 34.1 Å².